The van der Waals surface area contributed by atoms with Crippen molar-refractivity contribution in [1.82, 2.24) is 9.80 Å². The van der Waals surface area contributed by atoms with Crippen LogP contribution in [-0.4, -0.2) is 41.9 Å². The van der Waals surface area contributed by atoms with Gasteiger partial charge in [-0.25, -0.2) is 8.78 Å². The zero-order chi connectivity index (χ0) is 18.5. The van der Waals surface area contributed by atoms with Crippen molar-refractivity contribution in [3.05, 3.63) is 71.3 Å². The number of nitrogens with zero attached hydrogens (tertiary/aromatic N) is 3. The molecule has 3 rings (SSSR count). The third-order valence-corrected chi connectivity index (χ3v) is 4.62. The number of amides is 1. The second-order valence-corrected chi connectivity index (χ2v) is 6.27. The molecule has 0 aliphatic carbocycles. The van der Waals surface area contributed by atoms with Gasteiger partial charge in [-0.1, -0.05) is 30.3 Å². The number of carbonyl (C=O) groups is 1. The predicted octanol–water partition coefficient (Wildman–Crippen LogP) is 2.92. The van der Waals surface area contributed by atoms with E-state index in [4.69, 9.17) is 0 Å². The molecule has 0 aromatic heterocycles. The largest absolute Gasteiger partial charge is 0.340 e. The van der Waals surface area contributed by atoms with Gasteiger partial charge in [0.1, 0.15) is 17.7 Å². The van der Waals surface area contributed by atoms with Crippen LogP contribution in [-0.2, 0) is 11.2 Å². The lowest BCUT2D eigenvalue weighted by Gasteiger charge is -2.37. The minimum Gasteiger partial charge on any atom is -0.340 e. The highest BCUT2D eigenvalue weighted by atomic mass is 19.1. The van der Waals surface area contributed by atoms with Crippen LogP contribution < -0.4 is 0 Å². The van der Waals surface area contributed by atoms with Crippen molar-refractivity contribution in [3.63, 3.8) is 0 Å². The summed E-state index contributed by atoms with van der Waals surface area (Å²) in [5.74, 6) is -0.755. The van der Waals surface area contributed by atoms with Crippen molar-refractivity contribution in [1.29, 1.82) is 5.26 Å². The first kappa shape index (κ1) is 18.0. The van der Waals surface area contributed by atoms with Gasteiger partial charge in [0.2, 0.25) is 5.91 Å². The molecule has 1 aliphatic rings. The molecule has 0 N–H and O–H groups in total. The third kappa shape index (κ3) is 4.06. The Morgan fingerprint density at radius 3 is 2.31 bits per heavy atom. The molecule has 0 bridgehead atoms. The Morgan fingerprint density at radius 2 is 1.69 bits per heavy atom. The van der Waals surface area contributed by atoms with Crippen molar-refractivity contribution in [3.8, 4) is 6.07 Å². The average Bonchev–Trinajstić information content (AvgIpc) is 2.66. The Balaban J connectivity index is 1.59. The number of benzene rings is 2. The molecule has 134 valence electrons. The van der Waals surface area contributed by atoms with Gasteiger partial charge in [-0.15, -0.1) is 0 Å². The highest BCUT2D eigenvalue weighted by Gasteiger charge is 2.28. The summed E-state index contributed by atoms with van der Waals surface area (Å²) < 4.78 is 26.9. The van der Waals surface area contributed by atoms with Crippen molar-refractivity contribution in [2.45, 2.75) is 12.5 Å². The summed E-state index contributed by atoms with van der Waals surface area (Å²) in [5.41, 5.74) is 1.13. The minimum atomic E-state index is -0.662. The summed E-state index contributed by atoms with van der Waals surface area (Å²) >= 11 is 0. The number of piperazine rings is 1. The molecule has 1 heterocycles. The lowest BCUT2D eigenvalue weighted by Crippen LogP contribution is -2.50. The maximum atomic E-state index is 14.0. The van der Waals surface area contributed by atoms with E-state index in [-0.39, 0.29) is 18.1 Å². The van der Waals surface area contributed by atoms with Gasteiger partial charge < -0.3 is 4.90 Å². The van der Waals surface area contributed by atoms with Crippen LogP contribution >= 0.6 is 0 Å². The monoisotopic (exact) mass is 355 g/mol. The summed E-state index contributed by atoms with van der Waals surface area (Å²) in [5, 5.41) is 9.48. The Kier molecular flexibility index (Phi) is 5.59. The standard InChI is InChI=1S/C20H19F2N3O/c21-16-7-5-15(6-8-16)13-20(26)25-11-9-24(10-12-25)19(14-23)17-3-1-2-4-18(17)22/h1-8,19H,9-13H2. The molecule has 1 saturated heterocycles. The molecule has 4 nitrogen and oxygen atoms in total. The van der Waals surface area contributed by atoms with Gasteiger partial charge in [0.15, 0.2) is 0 Å². The molecule has 1 atom stereocenters. The zero-order valence-corrected chi connectivity index (χ0v) is 14.2. The molecule has 1 fully saturated rings. The summed E-state index contributed by atoms with van der Waals surface area (Å²) in [6, 6.07) is 13.7. The molecule has 1 aliphatic heterocycles. The molecule has 1 amide bonds. The number of halogens is 2. The first-order valence-corrected chi connectivity index (χ1v) is 8.49. The highest BCUT2D eigenvalue weighted by Crippen LogP contribution is 2.24. The lowest BCUT2D eigenvalue weighted by atomic mass is 10.0. The lowest BCUT2D eigenvalue weighted by molar-refractivity contribution is -0.132. The molecule has 1 unspecified atom stereocenters. The molecule has 6 heteroatoms. The van der Waals surface area contributed by atoms with Crippen LogP contribution in [0.5, 0.6) is 0 Å². The fourth-order valence-electron chi connectivity index (χ4n) is 3.16. The Bertz CT molecular complexity index is 809. The second kappa shape index (κ2) is 8.07. The molecular weight excluding hydrogens is 336 g/mol. The smallest absolute Gasteiger partial charge is 0.227 e. The molecule has 2 aromatic rings. The summed E-state index contributed by atoms with van der Waals surface area (Å²) in [6.07, 6.45) is 0.218. The zero-order valence-electron chi connectivity index (χ0n) is 14.2. The van der Waals surface area contributed by atoms with Crippen molar-refractivity contribution >= 4 is 5.91 Å². The van der Waals surface area contributed by atoms with E-state index in [1.807, 2.05) is 4.90 Å². The minimum absolute atomic E-state index is 0.0318. The molecule has 2 aromatic carbocycles. The van der Waals surface area contributed by atoms with Gasteiger partial charge in [0.25, 0.3) is 0 Å². The maximum Gasteiger partial charge on any atom is 0.227 e. The normalized spacial score (nSPS) is 16.1. The summed E-state index contributed by atoms with van der Waals surface area (Å²) in [6.45, 7) is 1.96. The summed E-state index contributed by atoms with van der Waals surface area (Å²) in [4.78, 5) is 16.0. The van der Waals surface area contributed by atoms with E-state index < -0.39 is 11.9 Å². The van der Waals surface area contributed by atoms with Crippen LogP contribution in [0.25, 0.3) is 0 Å². The highest BCUT2D eigenvalue weighted by molar-refractivity contribution is 5.78. The molecule has 0 radical (unpaired) electrons. The van der Waals surface area contributed by atoms with Crippen molar-refractivity contribution in [2.75, 3.05) is 26.2 Å². The van der Waals surface area contributed by atoms with Gasteiger partial charge in [-0.2, -0.15) is 5.26 Å². The number of carbonyl (C=O) groups excluding carboxylic acids is 1. The van der Waals surface area contributed by atoms with Crippen LogP contribution in [0.3, 0.4) is 0 Å². The number of nitriles is 1. The van der Waals surface area contributed by atoms with Crippen molar-refractivity contribution in [2.24, 2.45) is 0 Å². The van der Waals surface area contributed by atoms with E-state index in [0.717, 1.165) is 5.56 Å². The van der Waals surface area contributed by atoms with E-state index >= 15 is 0 Å². The van der Waals surface area contributed by atoms with Crippen LogP contribution in [0.15, 0.2) is 48.5 Å². The van der Waals surface area contributed by atoms with Crippen LogP contribution in [0, 0.1) is 23.0 Å². The average molecular weight is 355 g/mol. The first-order chi connectivity index (χ1) is 12.6. The van der Waals surface area contributed by atoms with Crippen LogP contribution in [0.4, 0.5) is 8.78 Å². The van der Waals surface area contributed by atoms with E-state index in [2.05, 4.69) is 6.07 Å². The first-order valence-electron chi connectivity index (χ1n) is 8.49. The second-order valence-electron chi connectivity index (χ2n) is 6.27. The van der Waals surface area contributed by atoms with Gasteiger partial charge in [-0.05, 0) is 23.8 Å². The van der Waals surface area contributed by atoms with Crippen LogP contribution in [0.1, 0.15) is 17.2 Å². The Morgan fingerprint density at radius 1 is 1.04 bits per heavy atom. The SMILES string of the molecule is N#CC(c1ccccc1F)N1CCN(C(=O)Cc2ccc(F)cc2)CC1. The predicted molar refractivity (Wildman–Crippen MR) is 93.0 cm³/mol. The molecular formula is C20H19F2N3O. The topological polar surface area (TPSA) is 47.3 Å². The number of hydrogen-bond donors (Lipinski definition) is 0. The van der Waals surface area contributed by atoms with E-state index in [9.17, 15) is 18.8 Å². The van der Waals surface area contributed by atoms with E-state index in [1.165, 1.54) is 18.2 Å². The maximum absolute atomic E-state index is 14.0. The van der Waals surface area contributed by atoms with Crippen molar-refractivity contribution < 1.29 is 13.6 Å². The van der Waals surface area contributed by atoms with Gasteiger partial charge in [0, 0.05) is 31.7 Å². The summed E-state index contributed by atoms with van der Waals surface area (Å²) in [7, 11) is 0. The number of hydrogen-bond acceptors (Lipinski definition) is 3. The molecule has 26 heavy (non-hydrogen) atoms. The van der Waals surface area contributed by atoms with Gasteiger partial charge >= 0.3 is 0 Å². The van der Waals surface area contributed by atoms with Gasteiger partial charge in [-0.3, -0.25) is 9.69 Å². The van der Waals surface area contributed by atoms with E-state index in [0.29, 0.717) is 31.7 Å². The Hall–Kier alpha value is -2.78. The van der Waals surface area contributed by atoms with Gasteiger partial charge in [0.05, 0.1) is 12.5 Å². The van der Waals surface area contributed by atoms with Crippen LogP contribution in [0.2, 0.25) is 0 Å². The molecule has 0 saturated carbocycles. The fourth-order valence-corrected chi connectivity index (χ4v) is 3.16. The Labute approximate surface area is 151 Å². The molecule has 0 spiro atoms. The quantitative estimate of drug-likeness (QED) is 0.847. The fraction of sp³-hybridized carbons (Fsp3) is 0.300. The van der Waals surface area contributed by atoms with E-state index in [1.54, 1.807) is 35.2 Å². The third-order valence-electron chi connectivity index (χ3n) is 4.62. The number of rotatable bonds is 4.